The van der Waals surface area contributed by atoms with Crippen LogP contribution in [0.2, 0.25) is 0 Å². The Balaban J connectivity index is 1.77. The molecular weight excluding hydrogens is 362 g/mol. The molecule has 0 aromatic heterocycles. The fourth-order valence-electron chi connectivity index (χ4n) is 3.70. The number of carbonyl (C=O) groups is 2. The van der Waals surface area contributed by atoms with Gasteiger partial charge in [0.15, 0.2) is 0 Å². The highest BCUT2D eigenvalue weighted by atomic mass is 16.2. The quantitative estimate of drug-likeness (QED) is 0.746. The van der Waals surface area contributed by atoms with Crippen molar-refractivity contribution in [3.8, 4) is 0 Å². The van der Waals surface area contributed by atoms with E-state index in [1.54, 1.807) is 18.0 Å². The predicted octanol–water partition coefficient (Wildman–Crippen LogP) is 4.07. The van der Waals surface area contributed by atoms with E-state index < -0.39 is 0 Å². The molecule has 0 saturated heterocycles. The summed E-state index contributed by atoms with van der Waals surface area (Å²) in [5.41, 5.74) is 4.30. The molecule has 152 valence electrons. The lowest BCUT2D eigenvalue weighted by Crippen LogP contribution is -2.37. The van der Waals surface area contributed by atoms with Crippen LogP contribution in [0, 0.1) is 0 Å². The smallest absolute Gasteiger partial charge is 0.225 e. The first-order chi connectivity index (χ1) is 13.9. The molecular formula is C24H29N3O2. The second kappa shape index (κ2) is 8.95. The molecule has 0 fully saturated rings. The molecule has 5 heteroatoms. The van der Waals surface area contributed by atoms with E-state index in [4.69, 9.17) is 0 Å². The number of rotatable bonds is 6. The number of benzene rings is 2. The van der Waals surface area contributed by atoms with Crippen molar-refractivity contribution in [2.24, 2.45) is 0 Å². The number of carbonyl (C=O) groups excluding carboxylic acids is 2. The van der Waals surface area contributed by atoms with Crippen molar-refractivity contribution < 1.29 is 9.59 Å². The van der Waals surface area contributed by atoms with Gasteiger partial charge in [-0.05, 0) is 41.8 Å². The molecule has 1 unspecified atom stereocenters. The number of anilines is 1. The van der Waals surface area contributed by atoms with Crippen LogP contribution in [-0.2, 0) is 16.1 Å². The maximum Gasteiger partial charge on any atom is 0.225 e. The molecule has 1 atom stereocenters. The van der Waals surface area contributed by atoms with Crippen molar-refractivity contribution in [1.82, 2.24) is 9.80 Å². The fourth-order valence-corrected chi connectivity index (χ4v) is 3.70. The molecule has 2 aromatic carbocycles. The van der Waals surface area contributed by atoms with Gasteiger partial charge in [-0.25, -0.2) is 0 Å². The highest BCUT2D eigenvalue weighted by Gasteiger charge is 2.29. The van der Waals surface area contributed by atoms with Crippen molar-refractivity contribution in [3.05, 3.63) is 71.4 Å². The van der Waals surface area contributed by atoms with E-state index in [0.717, 1.165) is 22.4 Å². The molecule has 0 radical (unpaired) electrons. The Morgan fingerprint density at radius 2 is 1.72 bits per heavy atom. The van der Waals surface area contributed by atoms with Gasteiger partial charge in [0.2, 0.25) is 11.8 Å². The van der Waals surface area contributed by atoms with E-state index >= 15 is 0 Å². The molecule has 1 aliphatic heterocycles. The summed E-state index contributed by atoms with van der Waals surface area (Å²) in [5, 5.41) is 0. The molecule has 0 saturated carbocycles. The first kappa shape index (κ1) is 20.6. The SMILES string of the molecule is CCN(Cc1ccc(N(C)C)cc1)C(=O)CC1c2ccccc2C=CN1C(C)=O. The van der Waals surface area contributed by atoms with Gasteiger partial charge in [0.05, 0.1) is 12.5 Å². The number of hydrogen-bond acceptors (Lipinski definition) is 3. The third kappa shape index (κ3) is 4.67. The molecule has 29 heavy (non-hydrogen) atoms. The van der Waals surface area contributed by atoms with Crippen LogP contribution in [0.15, 0.2) is 54.7 Å². The normalized spacial score (nSPS) is 15.0. The van der Waals surface area contributed by atoms with Gasteiger partial charge in [0.25, 0.3) is 0 Å². The Morgan fingerprint density at radius 1 is 1.03 bits per heavy atom. The Bertz CT molecular complexity index is 903. The first-order valence-corrected chi connectivity index (χ1v) is 10.0. The fraction of sp³-hybridized carbons (Fsp3) is 0.333. The first-order valence-electron chi connectivity index (χ1n) is 10.0. The van der Waals surface area contributed by atoms with Gasteiger partial charge in [-0.3, -0.25) is 9.59 Å². The summed E-state index contributed by atoms with van der Waals surface area (Å²) in [4.78, 5) is 30.9. The van der Waals surface area contributed by atoms with Gasteiger partial charge in [-0.1, -0.05) is 36.4 Å². The van der Waals surface area contributed by atoms with E-state index in [-0.39, 0.29) is 24.3 Å². The molecule has 0 N–H and O–H groups in total. The lowest BCUT2D eigenvalue weighted by Gasteiger charge is -2.33. The van der Waals surface area contributed by atoms with Crippen molar-refractivity contribution >= 4 is 23.6 Å². The minimum atomic E-state index is -0.272. The molecule has 2 aromatic rings. The average Bonchev–Trinajstić information content (AvgIpc) is 2.72. The van der Waals surface area contributed by atoms with Crippen LogP contribution in [0.4, 0.5) is 5.69 Å². The van der Waals surface area contributed by atoms with Gasteiger partial charge in [0.1, 0.15) is 0 Å². The second-order valence-corrected chi connectivity index (χ2v) is 7.56. The second-order valence-electron chi connectivity index (χ2n) is 7.56. The minimum absolute atomic E-state index is 0.0468. The Hall–Kier alpha value is -3.08. The van der Waals surface area contributed by atoms with Gasteiger partial charge in [-0.15, -0.1) is 0 Å². The molecule has 0 aliphatic carbocycles. The van der Waals surface area contributed by atoms with E-state index in [1.807, 2.05) is 56.3 Å². The average molecular weight is 392 g/mol. The lowest BCUT2D eigenvalue weighted by atomic mass is 9.93. The van der Waals surface area contributed by atoms with Crippen LogP contribution in [-0.4, -0.2) is 42.3 Å². The summed E-state index contributed by atoms with van der Waals surface area (Å²) in [6, 6.07) is 15.9. The molecule has 1 heterocycles. The summed E-state index contributed by atoms with van der Waals surface area (Å²) < 4.78 is 0. The number of nitrogens with zero attached hydrogens (tertiary/aromatic N) is 3. The number of hydrogen-bond donors (Lipinski definition) is 0. The van der Waals surface area contributed by atoms with Crippen LogP contribution < -0.4 is 4.90 Å². The zero-order valence-electron chi connectivity index (χ0n) is 17.6. The largest absolute Gasteiger partial charge is 0.378 e. The van der Waals surface area contributed by atoms with Crippen LogP contribution in [0.5, 0.6) is 0 Å². The summed E-state index contributed by atoms with van der Waals surface area (Å²) in [5.74, 6) is -0.0126. The van der Waals surface area contributed by atoms with Crippen molar-refractivity contribution in [3.63, 3.8) is 0 Å². The highest BCUT2D eigenvalue weighted by molar-refractivity contribution is 5.82. The topological polar surface area (TPSA) is 43.9 Å². The number of fused-ring (bicyclic) bond motifs is 1. The third-order valence-electron chi connectivity index (χ3n) is 5.40. The van der Waals surface area contributed by atoms with Crippen LogP contribution in [0.3, 0.4) is 0 Å². The van der Waals surface area contributed by atoms with Crippen molar-refractivity contribution in [2.75, 3.05) is 25.5 Å². The highest BCUT2D eigenvalue weighted by Crippen LogP contribution is 2.33. The molecule has 0 spiro atoms. The minimum Gasteiger partial charge on any atom is -0.378 e. The van der Waals surface area contributed by atoms with Crippen molar-refractivity contribution in [2.45, 2.75) is 32.9 Å². The van der Waals surface area contributed by atoms with E-state index in [1.165, 1.54) is 0 Å². The molecule has 2 amide bonds. The molecule has 5 nitrogen and oxygen atoms in total. The maximum atomic E-state index is 13.2. The number of amides is 2. The van der Waals surface area contributed by atoms with Gasteiger partial charge >= 0.3 is 0 Å². The van der Waals surface area contributed by atoms with E-state index in [0.29, 0.717) is 13.1 Å². The molecule has 0 bridgehead atoms. The Morgan fingerprint density at radius 3 is 2.34 bits per heavy atom. The van der Waals surface area contributed by atoms with Crippen molar-refractivity contribution in [1.29, 1.82) is 0 Å². The monoisotopic (exact) mass is 391 g/mol. The Labute approximate surface area is 173 Å². The van der Waals surface area contributed by atoms with E-state index in [2.05, 4.69) is 29.2 Å². The summed E-state index contributed by atoms with van der Waals surface area (Å²) in [7, 11) is 4.02. The lowest BCUT2D eigenvalue weighted by molar-refractivity contribution is -0.135. The Kier molecular flexibility index (Phi) is 6.37. The predicted molar refractivity (Wildman–Crippen MR) is 117 cm³/mol. The van der Waals surface area contributed by atoms with Crippen LogP contribution in [0.1, 0.15) is 43.0 Å². The summed E-state index contributed by atoms with van der Waals surface area (Å²) >= 11 is 0. The van der Waals surface area contributed by atoms with Gasteiger partial charge in [-0.2, -0.15) is 0 Å². The third-order valence-corrected chi connectivity index (χ3v) is 5.40. The van der Waals surface area contributed by atoms with Crippen LogP contribution >= 0.6 is 0 Å². The standard InChI is InChI=1S/C24H29N3O2/c1-5-26(17-19-10-12-21(13-11-19)25(3)4)24(29)16-23-22-9-7-6-8-20(22)14-15-27(23)18(2)28/h6-15,23H,5,16-17H2,1-4H3. The molecule has 3 rings (SSSR count). The summed E-state index contributed by atoms with van der Waals surface area (Å²) in [6.45, 7) is 4.72. The van der Waals surface area contributed by atoms with Gasteiger partial charge in [0, 0.05) is 46.0 Å². The molecule has 1 aliphatic rings. The van der Waals surface area contributed by atoms with E-state index in [9.17, 15) is 9.59 Å². The zero-order valence-corrected chi connectivity index (χ0v) is 17.6. The zero-order chi connectivity index (χ0) is 21.0. The van der Waals surface area contributed by atoms with Gasteiger partial charge < -0.3 is 14.7 Å². The van der Waals surface area contributed by atoms with Crippen LogP contribution in [0.25, 0.3) is 6.08 Å². The summed E-state index contributed by atoms with van der Waals surface area (Å²) in [6.07, 6.45) is 3.99. The maximum absolute atomic E-state index is 13.2.